The van der Waals surface area contributed by atoms with E-state index < -0.39 is 0 Å². The first kappa shape index (κ1) is 14.2. The fourth-order valence-corrected chi connectivity index (χ4v) is 3.76. The van der Waals surface area contributed by atoms with E-state index in [0.717, 1.165) is 35.9 Å². The smallest absolute Gasteiger partial charge is 0.183 e. The van der Waals surface area contributed by atoms with Gasteiger partial charge in [0.05, 0.1) is 0 Å². The van der Waals surface area contributed by atoms with E-state index in [1.54, 1.807) is 11.0 Å². The second kappa shape index (κ2) is 5.24. The van der Waals surface area contributed by atoms with Gasteiger partial charge in [0.2, 0.25) is 0 Å². The van der Waals surface area contributed by atoms with E-state index >= 15 is 0 Å². The molecule has 0 aromatic carbocycles. The molecule has 0 aliphatic heterocycles. The lowest BCUT2D eigenvalue weighted by atomic mass is 9.70. The fraction of sp³-hybridized carbons (Fsp3) is 0.733. The second-order valence-electron chi connectivity index (χ2n) is 7.05. The van der Waals surface area contributed by atoms with Crippen LogP contribution in [-0.2, 0) is 6.54 Å². The van der Waals surface area contributed by atoms with Crippen LogP contribution < -0.4 is 5.32 Å². The molecule has 114 valence electrons. The molecule has 0 unspecified atom stereocenters. The Morgan fingerprint density at radius 3 is 2.86 bits per heavy atom. The summed E-state index contributed by atoms with van der Waals surface area (Å²) in [7, 11) is 0. The van der Waals surface area contributed by atoms with Crippen LogP contribution in [-0.4, -0.2) is 31.0 Å². The maximum atomic E-state index is 4.38. The molecular weight excluding hydrogens is 264 g/mol. The third-order valence-electron chi connectivity index (χ3n) is 4.33. The van der Waals surface area contributed by atoms with Gasteiger partial charge >= 0.3 is 0 Å². The molecule has 6 nitrogen and oxygen atoms in total. The van der Waals surface area contributed by atoms with Crippen molar-refractivity contribution >= 4 is 17.0 Å². The molecule has 2 aromatic heterocycles. The Hall–Kier alpha value is -1.72. The van der Waals surface area contributed by atoms with Gasteiger partial charge < -0.3 is 5.32 Å². The number of aryl methyl sites for hydroxylation is 1. The molecule has 3 rings (SSSR count). The lowest BCUT2D eigenvalue weighted by Gasteiger charge is -2.39. The number of fused-ring (bicyclic) bond motifs is 1. The van der Waals surface area contributed by atoms with Gasteiger partial charge in [-0.25, -0.2) is 14.6 Å². The van der Waals surface area contributed by atoms with Crippen molar-refractivity contribution in [2.45, 2.75) is 59.5 Å². The zero-order chi connectivity index (χ0) is 15.0. The SMILES string of the molecule is CCn1nnc2c(N[C@@H]3C[C@@H](C)CC(C)(C)C3)ncnc21. The van der Waals surface area contributed by atoms with Crippen molar-refractivity contribution in [3.05, 3.63) is 6.33 Å². The van der Waals surface area contributed by atoms with E-state index in [2.05, 4.69) is 46.4 Å². The molecule has 1 saturated carbocycles. The van der Waals surface area contributed by atoms with Crippen LogP contribution in [0.15, 0.2) is 6.33 Å². The first-order chi connectivity index (χ1) is 9.98. The third-order valence-corrected chi connectivity index (χ3v) is 4.33. The highest BCUT2D eigenvalue weighted by Gasteiger charge is 2.32. The molecule has 6 heteroatoms. The number of hydrogen-bond acceptors (Lipinski definition) is 5. The van der Waals surface area contributed by atoms with Gasteiger partial charge in [0, 0.05) is 12.6 Å². The van der Waals surface area contributed by atoms with E-state index in [0.29, 0.717) is 11.5 Å². The summed E-state index contributed by atoms with van der Waals surface area (Å²) < 4.78 is 1.80. The van der Waals surface area contributed by atoms with E-state index in [4.69, 9.17) is 0 Å². The van der Waals surface area contributed by atoms with Gasteiger partial charge in [-0.3, -0.25) is 0 Å². The Morgan fingerprint density at radius 1 is 1.33 bits per heavy atom. The second-order valence-corrected chi connectivity index (χ2v) is 7.05. The first-order valence-corrected chi connectivity index (χ1v) is 7.79. The first-order valence-electron chi connectivity index (χ1n) is 7.79. The molecule has 1 aliphatic carbocycles. The minimum absolute atomic E-state index is 0.377. The van der Waals surface area contributed by atoms with Crippen molar-refractivity contribution in [2.75, 3.05) is 5.32 Å². The maximum absolute atomic E-state index is 4.38. The zero-order valence-corrected chi connectivity index (χ0v) is 13.3. The van der Waals surface area contributed by atoms with Crippen LogP contribution in [0.4, 0.5) is 5.82 Å². The largest absolute Gasteiger partial charge is 0.365 e. The molecule has 2 atom stereocenters. The van der Waals surface area contributed by atoms with Crippen molar-refractivity contribution in [3.63, 3.8) is 0 Å². The maximum Gasteiger partial charge on any atom is 0.183 e. The van der Waals surface area contributed by atoms with Crippen molar-refractivity contribution in [2.24, 2.45) is 11.3 Å². The number of hydrogen-bond donors (Lipinski definition) is 1. The minimum Gasteiger partial charge on any atom is -0.365 e. The predicted molar refractivity (Wildman–Crippen MR) is 83.0 cm³/mol. The van der Waals surface area contributed by atoms with Crippen LogP contribution >= 0.6 is 0 Å². The Kier molecular flexibility index (Phi) is 3.55. The quantitative estimate of drug-likeness (QED) is 0.940. The molecule has 0 spiro atoms. The molecule has 21 heavy (non-hydrogen) atoms. The molecule has 0 bridgehead atoms. The van der Waals surface area contributed by atoms with Gasteiger partial charge in [0.15, 0.2) is 17.0 Å². The number of rotatable bonds is 3. The van der Waals surface area contributed by atoms with Crippen molar-refractivity contribution in [3.8, 4) is 0 Å². The summed E-state index contributed by atoms with van der Waals surface area (Å²) in [6, 6.07) is 0.439. The number of nitrogens with zero attached hydrogens (tertiary/aromatic N) is 5. The monoisotopic (exact) mass is 288 g/mol. The van der Waals surface area contributed by atoms with E-state index in [1.807, 2.05) is 6.92 Å². The Labute approximate surface area is 125 Å². The van der Waals surface area contributed by atoms with Gasteiger partial charge in [-0.1, -0.05) is 26.0 Å². The van der Waals surface area contributed by atoms with Crippen LogP contribution in [0.3, 0.4) is 0 Å². The van der Waals surface area contributed by atoms with Gasteiger partial charge in [0.25, 0.3) is 0 Å². The van der Waals surface area contributed by atoms with Crippen LogP contribution in [0.1, 0.15) is 47.0 Å². The zero-order valence-electron chi connectivity index (χ0n) is 13.3. The lowest BCUT2D eigenvalue weighted by molar-refractivity contribution is 0.178. The van der Waals surface area contributed by atoms with Crippen LogP contribution in [0.2, 0.25) is 0 Å². The Morgan fingerprint density at radius 2 is 2.14 bits per heavy atom. The van der Waals surface area contributed by atoms with E-state index in [1.165, 1.54) is 12.8 Å². The van der Waals surface area contributed by atoms with Crippen molar-refractivity contribution < 1.29 is 0 Å². The van der Waals surface area contributed by atoms with E-state index in [-0.39, 0.29) is 0 Å². The highest BCUT2D eigenvalue weighted by Crippen LogP contribution is 2.39. The predicted octanol–water partition coefficient (Wildman–Crippen LogP) is 2.87. The van der Waals surface area contributed by atoms with Gasteiger partial charge in [-0.15, -0.1) is 5.10 Å². The molecular formula is C15H24N6. The Bertz CT molecular complexity index is 632. The molecule has 0 amide bonds. The highest BCUT2D eigenvalue weighted by molar-refractivity contribution is 5.81. The molecule has 2 heterocycles. The Balaban J connectivity index is 1.86. The third kappa shape index (κ3) is 2.84. The van der Waals surface area contributed by atoms with Gasteiger partial charge in [-0.05, 0) is 37.5 Å². The lowest BCUT2D eigenvalue weighted by Crippen LogP contribution is -2.35. The highest BCUT2D eigenvalue weighted by atomic mass is 15.4. The molecule has 1 N–H and O–H groups in total. The summed E-state index contributed by atoms with van der Waals surface area (Å²) in [5, 5.41) is 12.0. The van der Waals surface area contributed by atoms with Crippen molar-refractivity contribution in [1.29, 1.82) is 0 Å². The topological polar surface area (TPSA) is 68.5 Å². The average Bonchev–Trinajstić information content (AvgIpc) is 2.80. The molecule has 1 fully saturated rings. The molecule has 0 radical (unpaired) electrons. The summed E-state index contributed by atoms with van der Waals surface area (Å²) in [6.45, 7) is 9.83. The summed E-state index contributed by atoms with van der Waals surface area (Å²) in [5.74, 6) is 1.55. The average molecular weight is 288 g/mol. The number of aromatic nitrogens is 5. The van der Waals surface area contributed by atoms with Crippen LogP contribution in [0, 0.1) is 11.3 Å². The van der Waals surface area contributed by atoms with Gasteiger partial charge in [-0.2, -0.15) is 0 Å². The minimum atomic E-state index is 0.377. The van der Waals surface area contributed by atoms with Crippen LogP contribution in [0.25, 0.3) is 11.2 Å². The van der Waals surface area contributed by atoms with E-state index in [9.17, 15) is 0 Å². The summed E-state index contributed by atoms with van der Waals surface area (Å²) in [6.07, 6.45) is 5.22. The number of nitrogens with one attached hydrogen (secondary N) is 1. The summed E-state index contributed by atoms with van der Waals surface area (Å²) in [5.41, 5.74) is 1.95. The van der Waals surface area contributed by atoms with Crippen LogP contribution in [0.5, 0.6) is 0 Å². The summed E-state index contributed by atoms with van der Waals surface area (Å²) in [4.78, 5) is 8.68. The molecule has 2 aromatic rings. The standard InChI is InChI=1S/C15H24N6/c1-5-21-14-12(19-20-21)13(16-9-17-14)18-11-6-10(2)7-15(3,4)8-11/h9-11H,5-8H2,1-4H3,(H,16,17,18)/t10-,11-/m1/s1. The molecule has 1 aliphatic rings. The van der Waals surface area contributed by atoms with Crippen molar-refractivity contribution in [1.82, 2.24) is 25.0 Å². The normalized spacial score (nSPS) is 25.1. The molecule has 0 saturated heterocycles. The van der Waals surface area contributed by atoms with Gasteiger partial charge in [0.1, 0.15) is 6.33 Å². The number of anilines is 1. The fourth-order valence-electron chi connectivity index (χ4n) is 3.76. The summed E-state index contributed by atoms with van der Waals surface area (Å²) >= 11 is 0.